The van der Waals surface area contributed by atoms with Crippen LogP contribution in [-0.4, -0.2) is 50.4 Å². The second-order valence-electron chi connectivity index (χ2n) is 15.4. The number of amides is 1. The third-order valence-corrected chi connectivity index (χ3v) is 12.1. The largest absolute Gasteiger partial charge is 0.489 e. The van der Waals surface area contributed by atoms with Crippen LogP contribution >= 0.6 is 23.2 Å². The van der Waals surface area contributed by atoms with Crippen molar-refractivity contribution in [2.75, 3.05) is 6.61 Å². The van der Waals surface area contributed by atoms with Crippen molar-refractivity contribution in [1.82, 2.24) is 20.0 Å². The number of fused-ring (bicyclic) bond motifs is 2. The number of carbonyl (C=O) groups excluding carboxylic acids is 1. The number of rotatable bonds is 13. The van der Waals surface area contributed by atoms with Crippen molar-refractivity contribution in [1.29, 1.82) is 0 Å². The third-order valence-electron chi connectivity index (χ3n) is 11.3. The van der Waals surface area contributed by atoms with Gasteiger partial charge in [0.15, 0.2) is 17.6 Å². The molecular formula is C48H46Cl2N4O6. The quantitative estimate of drug-likeness (QED) is 0.118. The van der Waals surface area contributed by atoms with Gasteiger partial charge < -0.3 is 24.6 Å². The van der Waals surface area contributed by atoms with Gasteiger partial charge in [-0.05, 0) is 101 Å². The molecule has 3 heterocycles. The number of hydrogen-bond donors (Lipinski definition) is 2. The lowest BCUT2D eigenvalue weighted by molar-refractivity contribution is -0.143. The standard InChI is InChI=1S/C48H46Cl2N4O6/c1-4-41(32-8-6-5-7-9-32)54-26-36-25-45-44(59-28-46(60-45)34-15-17-37(18-16-34)58-27-31-12-19-38(49)39(50)21-31)24-35(36)23-43(54)47(55)51-40(48(56)57)22-30-10-13-33(14-11-30)42-20-29(2)52-53(42)3/h5-21,24-25,40-41,43,46H,4,22-23,26-28H2,1-3H3,(H,51,55)(H,56,57)/t40?,41-,43-,46+/m0/s1. The zero-order valence-electron chi connectivity index (χ0n) is 33.6. The van der Waals surface area contributed by atoms with Gasteiger partial charge in [0, 0.05) is 26.1 Å². The first-order valence-electron chi connectivity index (χ1n) is 20.1. The van der Waals surface area contributed by atoms with Gasteiger partial charge in [-0.1, -0.05) is 103 Å². The molecular weight excluding hydrogens is 799 g/mol. The normalized spacial score (nSPS) is 17.0. The van der Waals surface area contributed by atoms with E-state index in [1.807, 2.05) is 110 Å². The molecule has 0 bridgehead atoms. The highest BCUT2D eigenvalue weighted by Crippen LogP contribution is 2.42. The van der Waals surface area contributed by atoms with E-state index < -0.39 is 18.1 Å². The number of aliphatic carboxylic acids is 1. The molecule has 4 atom stereocenters. The Balaban J connectivity index is 0.993. The number of benzene rings is 5. The molecule has 12 heteroatoms. The highest BCUT2D eigenvalue weighted by Gasteiger charge is 2.39. The van der Waals surface area contributed by atoms with E-state index in [0.29, 0.717) is 53.5 Å². The lowest BCUT2D eigenvalue weighted by Crippen LogP contribution is -2.55. The first-order chi connectivity index (χ1) is 29.0. The number of nitrogens with zero attached hydrogens (tertiary/aromatic N) is 3. The summed E-state index contributed by atoms with van der Waals surface area (Å²) in [7, 11) is 1.89. The van der Waals surface area contributed by atoms with Gasteiger partial charge in [0.05, 0.1) is 27.5 Å². The Kier molecular flexibility index (Phi) is 12.2. The molecule has 8 rings (SSSR count). The van der Waals surface area contributed by atoms with E-state index in [1.165, 1.54) is 0 Å². The molecule has 1 unspecified atom stereocenters. The lowest BCUT2D eigenvalue weighted by Gasteiger charge is -2.42. The molecule has 2 N–H and O–H groups in total. The molecule has 0 fully saturated rings. The number of carbonyl (C=O) groups is 2. The van der Waals surface area contributed by atoms with E-state index in [4.69, 9.17) is 37.4 Å². The fourth-order valence-electron chi connectivity index (χ4n) is 8.21. The minimum absolute atomic E-state index is 0.0973. The van der Waals surface area contributed by atoms with Crippen LogP contribution in [0.2, 0.25) is 10.0 Å². The van der Waals surface area contributed by atoms with Gasteiger partial charge in [-0.25, -0.2) is 4.79 Å². The van der Waals surface area contributed by atoms with Gasteiger partial charge in [0.2, 0.25) is 5.91 Å². The summed E-state index contributed by atoms with van der Waals surface area (Å²) in [6, 6.07) is 35.2. The van der Waals surface area contributed by atoms with Crippen LogP contribution in [0.15, 0.2) is 115 Å². The zero-order chi connectivity index (χ0) is 41.9. The fourth-order valence-corrected chi connectivity index (χ4v) is 8.53. The molecule has 308 valence electrons. The van der Waals surface area contributed by atoms with Crippen LogP contribution in [0, 0.1) is 6.92 Å². The first kappa shape index (κ1) is 40.9. The van der Waals surface area contributed by atoms with Crippen LogP contribution in [0.1, 0.15) is 64.6 Å². The average Bonchev–Trinajstić information content (AvgIpc) is 3.60. The Hall–Kier alpha value is -5.81. The number of hydrogen-bond acceptors (Lipinski definition) is 7. The van der Waals surface area contributed by atoms with Crippen LogP contribution in [0.4, 0.5) is 0 Å². The van der Waals surface area contributed by atoms with Gasteiger partial charge in [-0.3, -0.25) is 14.4 Å². The Morgan fingerprint density at radius 1 is 0.900 bits per heavy atom. The summed E-state index contributed by atoms with van der Waals surface area (Å²) in [5.74, 6) is 0.535. The molecule has 0 saturated carbocycles. The van der Waals surface area contributed by atoms with E-state index in [0.717, 1.165) is 56.8 Å². The molecule has 2 aliphatic rings. The highest BCUT2D eigenvalue weighted by atomic mass is 35.5. The molecule has 1 aromatic heterocycles. The molecule has 2 aliphatic heterocycles. The first-order valence-corrected chi connectivity index (χ1v) is 20.8. The monoisotopic (exact) mass is 844 g/mol. The minimum Gasteiger partial charge on any atom is -0.489 e. The predicted octanol–water partition coefficient (Wildman–Crippen LogP) is 9.48. The molecule has 0 aliphatic carbocycles. The van der Waals surface area contributed by atoms with Crippen molar-refractivity contribution in [3.05, 3.63) is 164 Å². The maximum absolute atomic E-state index is 14.4. The van der Waals surface area contributed by atoms with Gasteiger partial charge in [0.1, 0.15) is 25.0 Å². The van der Waals surface area contributed by atoms with Crippen molar-refractivity contribution in [2.45, 2.75) is 70.5 Å². The van der Waals surface area contributed by atoms with Crippen molar-refractivity contribution in [3.8, 4) is 28.5 Å². The van der Waals surface area contributed by atoms with E-state index >= 15 is 0 Å². The molecule has 0 saturated heterocycles. The summed E-state index contributed by atoms with van der Waals surface area (Å²) in [5, 5.41) is 18.7. The number of carboxylic acids is 1. The number of aromatic nitrogens is 2. The van der Waals surface area contributed by atoms with Crippen molar-refractivity contribution < 1.29 is 28.9 Å². The van der Waals surface area contributed by atoms with Crippen molar-refractivity contribution in [2.24, 2.45) is 7.05 Å². The summed E-state index contributed by atoms with van der Waals surface area (Å²) in [4.78, 5) is 29.3. The summed E-state index contributed by atoms with van der Waals surface area (Å²) in [6.45, 7) is 5.17. The maximum Gasteiger partial charge on any atom is 0.326 e. The predicted molar refractivity (Wildman–Crippen MR) is 232 cm³/mol. The summed E-state index contributed by atoms with van der Waals surface area (Å²) in [5.41, 5.74) is 8.60. The number of ether oxygens (including phenoxy) is 3. The van der Waals surface area contributed by atoms with E-state index in [2.05, 4.69) is 34.4 Å². The summed E-state index contributed by atoms with van der Waals surface area (Å²) >= 11 is 12.2. The summed E-state index contributed by atoms with van der Waals surface area (Å²) < 4.78 is 20.7. The Bertz CT molecular complexity index is 2490. The fraction of sp³-hybridized carbons (Fsp3) is 0.271. The van der Waals surface area contributed by atoms with E-state index in [9.17, 15) is 14.7 Å². The second kappa shape index (κ2) is 17.8. The number of nitrogens with one attached hydrogen (secondary N) is 1. The van der Waals surface area contributed by atoms with Crippen LogP contribution < -0.4 is 19.5 Å². The maximum atomic E-state index is 14.4. The molecule has 10 nitrogen and oxygen atoms in total. The van der Waals surface area contributed by atoms with Crippen LogP contribution in [-0.2, 0) is 42.6 Å². The number of carboxylic acid groups (broad SMARTS) is 1. The highest BCUT2D eigenvalue weighted by molar-refractivity contribution is 6.42. The molecule has 0 radical (unpaired) electrons. The van der Waals surface area contributed by atoms with E-state index in [-0.39, 0.29) is 24.5 Å². The van der Waals surface area contributed by atoms with Crippen molar-refractivity contribution in [3.63, 3.8) is 0 Å². The van der Waals surface area contributed by atoms with Crippen molar-refractivity contribution >= 4 is 35.1 Å². The Morgan fingerprint density at radius 3 is 2.32 bits per heavy atom. The van der Waals surface area contributed by atoms with Gasteiger partial charge in [-0.2, -0.15) is 5.10 Å². The molecule has 6 aromatic rings. The van der Waals surface area contributed by atoms with Gasteiger partial charge >= 0.3 is 5.97 Å². The topological polar surface area (TPSA) is 115 Å². The molecule has 5 aromatic carbocycles. The van der Waals surface area contributed by atoms with Crippen LogP contribution in [0.5, 0.6) is 17.2 Å². The molecule has 60 heavy (non-hydrogen) atoms. The molecule has 1 amide bonds. The van der Waals surface area contributed by atoms with Gasteiger partial charge in [-0.15, -0.1) is 0 Å². The number of halogens is 2. The zero-order valence-corrected chi connectivity index (χ0v) is 35.1. The lowest BCUT2D eigenvalue weighted by atomic mass is 9.89. The third kappa shape index (κ3) is 9.01. The smallest absolute Gasteiger partial charge is 0.326 e. The molecule has 0 spiro atoms. The average molecular weight is 846 g/mol. The second-order valence-corrected chi connectivity index (χ2v) is 16.2. The Morgan fingerprint density at radius 2 is 1.63 bits per heavy atom. The van der Waals surface area contributed by atoms with Crippen LogP contribution in [0.3, 0.4) is 0 Å². The Labute approximate surface area is 359 Å². The minimum atomic E-state index is -1.12. The SMILES string of the molecule is CC[C@@H](c1ccccc1)N1Cc2cc3c(cc2C[C@H]1C(=O)NC(Cc1ccc(-c2cc(C)nn2C)cc1)C(=O)O)OC[C@H](c1ccc(OCc2ccc(Cl)c(Cl)c2)cc1)O3. The van der Waals surface area contributed by atoms with E-state index in [1.54, 1.807) is 12.1 Å². The summed E-state index contributed by atoms with van der Waals surface area (Å²) in [6.07, 6.45) is 0.918. The van der Waals surface area contributed by atoms with Crippen LogP contribution in [0.25, 0.3) is 11.3 Å². The van der Waals surface area contributed by atoms with Gasteiger partial charge in [0.25, 0.3) is 0 Å². The number of aryl methyl sites for hydroxylation is 2.